The fourth-order valence-electron chi connectivity index (χ4n) is 3.87. The molecule has 1 atom stereocenters. The van der Waals surface area contributed by atoms with E-state index in [1.165, 1.54) is 11.1 Å². The van der Waals surface area contributed by atoms with Crippen molar-refractivity contribution >= 4 is 0 Å². The van der Waals surface area contributed by atoms with Gasteiger partial charge >= 0.3 is 0 Å². The minimum Gasteiger partial charge on any atom is -0.381 e. The molecule has 0 bridgehead atoms. The largest absolute Gasteiger partial charge is 0.381 e. The number of ether oxygens (including phenoxy) is 1. The molecule has 1 fully saturated rings. The Bertz CT molecular complexity index is 821. The zero-order valence-electron chi connectivity index (χ0n) is 13.5. The van der Waals surface area contributed by atoms with Crippen molar-refractivity contribution in [3.63, 3.8) is 0 Å². The van der Waals surface area contributed by atoms with Gasteiger partial charge in [0.25, 0.3) is 0 Å². The van der Waals surface area contributed by atoms with Gasteiger partial charge in [0.05, 0.1) is 18.3 Å². The Morgan fingerprint density at radius 2 is 1.92 bits per heavy atom. The predicted octanol–water partition coefficient (Wildman–Crippen LogP) is 3.12. The molecule has 2 aliphatic rings. The van der Waals surface area contributed by atoms with Gasteiger partial charge < -0.3 is 9.72 Å². The monoisotopic (exact) mass is 320 g/mol. The third-order valence-corrected chi connectivity index (χ3v) is 5.16. The van der Waals surface area contributed by atoms with Crippen molar-refractivity contribution in [2.24, 2.45) is 0 Å². The van der Waals surface area contributed by atoms with E-state index >= 15 is 0 Å². The molecule has 1 saturated heterocycles. The molecular formula is C19H20N4O. The highest BCUT2D eigenvalue weighted by Gasteiger charge is 2.29. The Labute approximate surface area is 140 Å². The summed E-state index contributed by atoms with van der Waals surface area (Å²) < 4.78 is 7.67. The van der Waals surface area contributed by atoms with E-state index in [9.17, 15) is 0 Å². The standard InChI is InChI=1S/C19H20N4O/c1-2-5-14-11-16(10-13(14)4-1)23-19(17-6-3-8-20-17)21-18(22-23)15-7-9-24-12-15/h1-6,8,15-16,20H,7,9-12H2/t15-/m1/s1. The highest BCUT2D eigenvalue weighted by molar-refractivity contribution is 5.50. The Kier molecular flexibility index (Phi) is 3.26. The van der Waals surface area contributed by atoms with Crippen LogP contribution in [0.25, 0.3) is 11.5 Å². The maximum Gasteiger partial charge on any atom is 0.175 e. The summed E-state index contributed by atoms with van der Waals surface area (Å²) in [6.07, 6.45) is 5.00. The number of fused-ring (bicyclic) bond motifs is 1. The molecule has 5 heteroatoms. The van der Waals surface area contributed by atoms with Gasteiger partial charge in [0.15, 0.2) is 11.6 Å². The average Bonchev–Trinajstić information content (AvgIpc) is 3.40. The summed E-state index contributed by atoms with van der Waals surface area (Å²) in [7, 11) is 0. The number of nitrogens with zero attached hydrogens (tertiary/aromatic N) is 3. The van der Waals surface area contributed by atoms with Gasteiger partial charge in [-0.2, -0.15) is 5.10 Å². The van der Waals surface area contributed by atoms with E-state index in [1.807, 2.05) is 12.3 Å². The molecule has 0 saturated carbocycles. The predicted molar refractivity (Wildman–Crippen MR) is 90.9 cm³/mol. The first kappa shape index (κ1) is 14.0. The second-order valence-electron chi connectivity index (χ2n) is 6.71. The topological polar surface area (TPSA) is 55.7 Å². The van der Waals surface area contributed by atoms with Crippen LogP contribution >= 0.6 is 0 Å². The van der Waals surface area contributed by atoms with Crippen LogP contribution in [-0.2, 0) is 17.6 Å². The molecule has 1 aliphatic heterocycles. The number of aromatic amines is 1. The van der Waals surface area contributed by atoms with Gasteiger partial charge in [0.2, 0.25) is 0 Å². The van der Waals surface area contributed by atoms with Crippen molar-refractivity contribution in [2.45, 2.75) is 31.2 Å². The second kappa shape index (κ2) is 5.60. The van der Waals surface area contributed by atoms with Gasteiger partial charge in [0.1, 0.15) is 0 Å². The SMILES string of the molecule is c1c[nH]c(-c2nc([C@@H]3CCOC3)nn2C2Cc3ccccc3C2)c1. The zero-order valence-corrected chi connectivity index (χ0v) is 13.5. The summed E-state index contributed by atoms with van der Waals surface area (Å²) in [5, 5.41) is 4.92. The number of rotatable bonds is 3. The van der Waals surface area contributed by atoms with Crippen molar-refractivity contribution in [2.75, 3.05) is 13.2 Å². The first-order chi connectivity index (χ1) is 11.9. The Morgan fingerprint density at radius 3 is 2.58 bits per heavy atom. The quantitative estimate of drug-likeness (QED) is 0.807. The lowest BCUT2D eigenvalue weighted by atomic mass is 10.1. The summed E-state index contributed by atoms with van der Waals surface area (Å²) in [6, 6.07) is 13.1. The van der Waals surface area contributed by atoms with Gasteiger partial charge in [-0.25, -0.2) is 9.67 Å². The van der Waals surface area contributed by atoms with E-state index in [-0.39, 0.29) is 0 Å². The molecular weight excluding hydrogens is 300 g/mol. The fraction of sp³-hybridized carbons (Fsp3) is 0.368. The van der Waals surface area contributed by atoms with Crippen LogP contribution in [0.5, 0.6) is 0 Å². The number of aromatic nitrogens is 4. The first-order valence-electron chi connectivity index (χ1n) is 8.63. The van der Waals surface area contributed by atoms with Crippen molar-refractivity contribution < 1.29 is 4.74 Å². The van der Waals surface area contributed by atoms with Crippen LogP contribution in [0, 0.1) is 0 Å². The van der Waals surface area contributed by atoms with Crippen LogP contribution in [0.4, 0.5) is 0 Å². The summed E-state index contributed by atoms with van der Waals surface area (Å²) in [5.41, 5.74) is 3.89. The van der Waals surface area contributed by atoms with Crippen LogP contribution in [0.15, 0.2) is 42.6 Å². The van der Waals surface area contributed by atoms with E-state index < -0.39 is 0 Å². The lowest BCUT2D eigenvalue weighted by molar-refractivity contribution is 0.193. The van der Waals surface area contributed by atoms with E-state index in [0.29, 0.717) is 12.0 Å². The molecule has 0 amide bonds. The number of H-pyrrole nitrogens is 1. The summed E-state index contributed by atoms with van der Waals surface area (Å²) in [6.45, 7) is 1.55. The maximum absolute atomic E-state index is 5.53. The normalized spacial score (nSPS) is 20.6. The van der Waals surface area contributed by atoms with Crippen molar-refractivity contribution in [3.8, 4) is 11.5 Å². The molecule has 0 unspecified atom stereocenters. The zero-order chi connectivity index (χ0) is 15.9. The molecule has 3 aromatic rings. The highest BCUT2D eigenvalue weighted by Crippen LogP contribution is 2.33. The molecule has 1 N–H and O–H groups in total. The Balaban J connectivity index is 1.55. The molecule has 0 spiro atoms. The van der Waals surface area contributed by atoms with Gasteiger partial charge in [0, 0.05) is 18.7 Å². The molecule has 0 radical (unpaired) electrons. The van der Waals surface area contributed by atoms with Gasteiger partial charge in [-0.1, -0.05) is 24.3 Å². The molecule has 122 valence electrons. The molecule has 24 heavy (non-hydrogen) atoms. The number of hydrogen-bond acceptors (Lipinski definition) is 3. The summed E-state index contributed by atoms with van der Waals surface area (Å²) >= 11 is 0. The van der Waals surface area contributed by atoms with Crippen molar-refractivity contribution in [1.29, 1.82) is 0 Å². The third kappa shape index (κ3) is 2.27. The maximum atomic E-state index is 5.53. The van der Waals surface area contributed by atoms with Gasteiger partial charge in [-0.3, -0.25) is 0 Å². The lowest BCUT2D eigenvalue weighted by Gasteiger charge is -2.12. The lowest BCUT2D eigenvalue weighted by Crippen LogP contribution is -2.13. The van der Waals surface area contributed by atoms with E-state index in [1.54, 1.807) is 0 Å². The molecule has 2 aromatic heterocycles. The molecule has 3 heterocycles. The first-order valence-corrected chi connectivity index (χ1v) is 8.63. The summed E-state index contributed by atoms with van der Waals surface area (Å²) in [4.78, 5) is 8.17. The molecule has 5 nitrogen and oxygen atoms in total. The molecule has 5 rings (SSSR count). The second-order valence-corrected chi connectivity index (χ2v) is 6.71. The average molecular weight is 320 g/mol. The van der Waals surface area contributed by atoms with Crippen LogP contribution in [0.3, 0.4) is 0 Å². The summed E-state index contributed by atoms with van der Waals surface area (Å²) in [5.74, 6) is 2.19. The van der Waals surface area contributed by atoms with Crippen LogP contribution in [0.1, 0.15) is 35.3 Å². The number of nitrogens with one attached hydrogen (secondary N) is 1. The van der Waals surface area contributed by atoms with Crippen LogP contribution < -0.4 is 0 Å². The molecule has 1 aliphatic carbocycles. The van der Waals surface area contributed by atoms with Gasteiger partial charge in [-0.15, -0.1) is 0 Å². The smallest absolute Gasteiger partial charge is 0.175 e. The third-order valence-electron chi connectivity index (χ3n) is 5.16. The van der Waals surface area contributed by atoms with Crippen LogP contribution in [0.2, 0.25) is 0 Å². The number of hydrogen-bond donors (Lipinski definition) is 1. The number of benzene rings is 1. The fourth-order valence-corrected chi connectivity index (χ4v) is 3.87. The minimum atomic E-state index is 0.323. The molecule has 1 aromatic carbocycles. The van der Waals surface area contributed by atoms with E-state index in [2.05, 4.69) is 40.0 Å². The van der Waals surface area contributed by atoms with E-state index in [4.69, 9.17) is 14.8 Å². The Morgan fingerprint density at radius 1 is 1.08 bits per heavy atom. The van der Waals surface area contributed by atoms with Gasteiger partial charge in [-0.05, 0) is 42.5 Å². The Hall–Kier alpha value is -2.40. The van der Waals surface area contributed by atoms with Crippen molar-refractivity contribution in [1.82, 2.24) is 19.7 Å². The van der Waals surface area contributed by atoms with E-state index in [0.717, 1.165) is 49.8 Å². The van der Waals surface area contributed by atoms with Crippen molar-refractivity contribution in [3.05, 3.63) is 59.5 Å². The minimum absolute atomic E-state index is 0.323. The van der Waals surface area contributed by atoms with Crippen LogP contribution in [-0.4, -0.2) is 33.0 Å². The highest BCUT2D eigenvalue weighted by atomic mass is 16.5.